The van der Waals surface area contributed by atoms with Crippen LogP contribution in [0.4, 0.5) is 10.5 Å². The molecule has 0 spiro atoms. The van der Waals surface area contributed by atoms with Crippen molar-refractivity contribution in [1.82, 2.24) is 0 Å². The van der Waals surface area contributed by atoms with Gasteiger partial charge in [0, 0.05) is 24.1 Å². The van der Waals surface area contributed by atoms with Crippen LogP contribution < -0.4 is 10.1 Å². The Balaban J connectivity index is 1.49. The number of nitrogens with one attached hydrogen (secondary N) is 1. The van der Waals surface area contributed by atoms with Crippen molar-refractivity contribution in [1.29, 1.82) is 0 Å². The molecule has 2 N–H and O–H groups in total. The van der Waals surface area contributed by atoms with Gasteiger partial charge in [0.1, 0.15) is 18.1 Å². The summed E-state index contributed by atoms with van der Waals surface area (Å²) in [6.07, 6.45) is -0.579. The van der Waals surface area contributed by atoms with Crippen LogP contribution in [0.25, 0.3) is 11.1 Å². The number of aromatic hydroxyl groups is 1. The van der Waals surface area contributed by atoms with Crippen molar-refractivity contribution in [3.05, 3.63) is 77.9 Å². The summed E-state index contributed by atoms with van der Waals surface area (Å²) in [6, 6.07) is 20.9. The smallest absolute Gasteiger partial charge is 0.411 e. The molecular weight excluding hydrogens is 342 g/mol. The molecule has 1 amide bonds. The minimum atomic E-state index is -0.579. The van der Waals surface area contributed by atoms with E-state index in [1.165, 1.54) is 30.4 Å². The maximum Gasteiger partial charge on any atom is 0.411 e. The highest BCUT2D eigenvalue weighted by Crippen LogP contribution is 2.44. The number of hydrogen-bond donors (Lipinski definition) is 2. The first kappa shape index (κ1) is 17.0. The molecule has 0 saturated heterocycles. The van der Waals surface area contributed by atoms with Gasteiger partial charge in [0.15, 0.2) is 0 Å². The fourth-order valence-corrected chi connectivity index (χ4v) is 3.53. The van der Waals surface area contributed by atoms with Crippen LogP contribution in [0, 0.1) is 0 Å². The summed E-state index contributed by atoms with van der Waals surface area (Å²) in [7, 11) is 1.49. The summed E-state index contributed by atoms with van der Waals surface area (Å²) >= 11 is 0. The van der Waals surface area contributed by atoms with E-state index < -0.39 is 6.09 Å². The fourth-order valence-electron chi connectivity index (χ4n) is 3.53. The molecule has 0 radical (unpaired) electrons. The van der Waals surface area contributed by atoms with Crippen LogP contribution in [0.1, 0.15) is 17.0 Å². The standard InChI is InChI=1S/C22H19NO4/c1-26-16-11-14(10-15(24)12-16)23-22(25)27-13-21-19-8-4-2-6-17(19)18-7-3-5-9-20(18)21/h2-12,21,24H,13H2,1H3,(H,23,25). The maximum atomic E-state index is 12.2. The molecule has 3 aromatic carbocycles. The lowest BCUT2D eigenvalue weighted by Crippen LogP contribution is -2.17. The number of carbonyl (C=O) groups excluding carboxylic acids is 1. The monoisotopic (exact) mass is 361 g/mol. The lowest BCUT2D eigenvalue weighted by Gasteiger charge is -2.15. The second kappa shape index (κ2) is 7.03. The Morgan fingerprint density at radius 2 is 1.63 bits per heavy atom. The molecule has 0 fully saturated rings. The van der Waals surface area contributed by atoms with Gasteiger partial charge in [-0.3, -0.25) is 5.32 Å². The number of fused-ring (bicyclic) bond motifs is 3. The predicted molar refractivity (Wildman–Crippen MR) is 103 cm³/mol. The van der Waals surface area contributed by atoms with Crippen LogP contribution in [0.3, 0.4) is 0 Å². The summed E-state index contributed by atoms with van der Waals surface area (Å²) in [4.78, 5) is 12.2. The molecule has 5 heteroatoms. The molecule has 0 aliphatic heterocycles. The first-order valence-corrected chi connectivity index (χ1v) is 8.66. The quantitative estimate of drug-likeness (QED) is 0.703. The Morgan fingerprint density at radius 3 is 2.26 bits per heavy atom. The minimum Gasteiger partial charge on any atom is -0.508 e. The summed E-state index contributed by atoms with van der Waals surface area (Å²) in [5.41, 5.74) is 5.08. The van der Waals surface area contributed by atoms with E-state index in [1.54, 1.807) is 6.07 Å². The predicted octanol–water partition coefficient (Wildman–Crippen LogP) is 4.76. The number of amides is 1. The lowest BCUT2D eigenvalue weighted by molar-refractivity contribution is 0.158. The number of rotatable bonds is 4. The Hall–Kier alpha value is -3.47. The minimum absolute atomic E-state index is 0.00172. The number of phenols is 1. The molecule has 0 heterocycles. The van der Waals surface area contributed by atoms with Crippen molar-refractivity contribution >= 4 is 11.8 Å². The van der Waals surface area contributed by atoms with Crippen LogP contribution in [0.15, 0.2) is 66.7 Å². The Labute approximate surface area is 157 Å². The van der Waals surface area contributed by atoms with Crippen LogP contribution in [0.5, 0.6) is 11.5 Å². The van der Waals surface area contributed by atoms with Crippen molar-refractivity contribution in [2.45, 2.75) is 5.92 Å². The molecule has 0 unspecified atom stereocenters. The summed E-state index contributed by atoms with van der Waals surface area (Å²) in [6.45, 7) is 0.232. The zero-order valence-electron chi connectivity index (χ0n) is 14.8. The Kier molecular flexibility index (Phi) is 4.42. The first-order chi connectivity index (χ1) is 13.2. The van der Waals surface area contributed by atoms with Gasteiger partial charge in [-0.2, -0.15) is 0 Å². The number of anilines is 1. The molecule has 3 aromatic rings. The van der Waals surface area contributed by atoms with Gasteiger partial charge in [-0.1, -0.05) is 48.5 Å². The second-order valence-corrected chi connectivity index (χ2v) is 6.37. The highest BCUT2D eigenvalue weighted by atomic mass is 16.5. The molecule has 0 bridgehead atoms. The third-order valence-corrected chi connectivity index (χ3v) is 4.72. The van der Waals surface area contributed by atoms with Crippen molar-refractivity contribution < 1.29 is 19.4 Å². The zero-order chi connectivity index (χ0) is 18.8. The number of phenolic OH excluding ortho intramolecular Hbond substituents is 1. The number of ether oxygens (including phenoxy) is 2. The highest BCUT2D eigenvalue weighted by molar-refractivity contribution is 5.85. The average molecular weight is 361 g/mol. The van der Waals surface area contributed by atoms with Crippen LogP contribution in [0.2, 0.25) is 0 Å². The number of carbonyl (C=O) groups is 1. The van der Waals surface area contributed by atoms with E-state index in [0.29, 0.717) is 11.4 Å². The fraction of sp³-hybridized carbons (Fsp3) is 0.136. The third-order valence-electron chi connectivity index (χ3n) is 4.72. The maximum absolute atomic E-state index is 12.2. The summed E-state index contributed by atoms with van der Waals surface area (Å²) in [5.74, 6) is 0.453. The Morgan fingerprint density at radius 1 is 1.00 bits per heavy atom. The molecule has 1 aliphatic rings. The van der Waals surface area contributed by atoms with Gasteiger partial charge in [-0.25, -0.2) is 4.79 Å². The Bertz CT molecular complexity index is 954. The van der Waals surface area contributed by atoms with E-state index in [9.17, 15) is 9.90 Å². The van der Waals surface area contributed by atoms with Crippen molar-refractivity contribution in [2.24, 2.45) is 0 Å². The third kappa shape index (κ3) is 3.31. The van der Waals surface area contributed by atoms with E-state index in [1.807, 2.05) is 24.3 Å². The molecule has 4 rings (SSSR count). The van der Waals surface area contributed by atoms with Gasteiger partial charge in [-0.05, 0) is 22.3 Å². The van der Waals surface area contributed by atoms with Gasteiger partial charge >= 0.3 is 6.09 Å². The van der Waals surface area contributed by atoms with E-state index in [0.717, 1.165) is 11.1 Å². The van der Waals surface area contributed by atoms with Gasteiger partial charge < -0.3 is 14.6 Å². The van der Waals surface area contributed by atoms with Gasteiger partial charge in [-0.15, -0.1) is 0 Å². The van der Waals surface area contributed by atoms with E-state index in [-0.39, 0.29) is 18.3 Å². The zero-order valence-corrected chi connectivity index (χ0v) is 14.8. The van der Waals surface area contributed by atoms with Crippen LogP contribution in [-0.2, 0) is 4.74 Å². The normalized spacial score (nSPS) is 12.2. The van der Waals surface area contributed by atoms with Crippen molar-refractivity contribution in [2.75, 3.05) is 19.0 Å². The van der Waals surface area contributed by atoms with Crippen LogP contribution in [-0.4, -0.2) is 24.9 Å². The average Bonchev–Trinajstić information content (AvgIpc) is 3.00. The molecular formula is C22H19NO4. The summed E-state index contributed by atoms with van der Waals surface area (Å²) in [5, 5.41) is 12.3. The molecule has 0 saturated carbocycles. The van der Waals surface area contributed by atoms with E-state index in [2.05, 4.69) is 29.6 Å². The van der Waals surface area contributed by atoms with Crippen LogP contribution >= 0.6 is 0 Å². The van der Waals surface area contributed by atoms with Gasteiger partial charge in [0.05, 0.1) is 12.8 Å². The number of hydrogen-bond acceptors (Lipinski definition) is 4. The summed E-state index contributed by atoms with van der Waals surface area (Å²) < 4.78 is 10.6. The molecule has 0 atom stereocenters. The SMILES string of the molecule is COc1cc(O)cc(NC(=O)OCC2c3ccccc3-c3ccccc32)c1. The molecule has 0 aromatic heterocycles. The van der Waals surface area contributed by atoms with Gasteiger partial charge in [0.2, 0.25) is 0 Å². The van der Waals surface area contributed by atoms with Gasteiger partial charge in [0.25, 0.3) is 0 Å². The number of benzene rings is 3. The largest absolute Gasteiger partial charge is 0.508 e. The molecule has 136 valence electrons. The van der Waals surface area contributed by atoms with Crippen molar-refractivity contribution in [3.8, 4) is 22.6 Å². The van der Waals surface area contributed by atoms with Crippen molar-refractivity contribution in [3.63, 3.8) is 0 Å². The lowest BCUT2D eigenvalue weighted by atomic mass is 9.98. The molecule has 5 nitrogen and oxygen atoms in total. The van der Waals surface area contributed by atoms with E-state index in [4.69, 9.17) is 9.47 Å². The second-order valence-electron chi connectivity index (χ2n) is 6.37. The first-order valence-electron chi connectivity index (χ1n) is 8.66. The molecule has 1 aliphatic carbocycles. The molecule has 27 heavy (non-hydrogen) atoms. The number of methoxy groups -OCH3 is 1. The topological polar surface area (TPSA) is 67.8 Å². The van der Waals surface area contributed by atoms with E-state index >= 15 is 0 Å². The highest BCUT2D eigenvalue weighted by Gasteiger charge is 2.28.